The molecule has 1 amide bonds. The summed E-state index contributed by atoms with van der Waals surface area (Å²) in [7, 11) is 0. The van der Waals surface area contributed by atoms with Crippen LogP contribution >= 0.6 is 11.6 Å². The number of aryl methyl sites for hydroxylation is 1. The molecule has 0 radical (unpaired) electrons. The van der Waals surface area contributed by atoms with Crippen LogP contribution in [-0.4, -0.2) is 64.8 Å². The van der Waals surface area contributed by atoms with Crippen LogP contribution in [-0.2, 0) is 11.3 Å². The van der Waals surface area contributed by atoms with Gasteiger partial charge in [-0.05, 0) is 37.1 Å². The van der Waals surface area contributed by atoms with Crippen LogP contribution in [0.2, 0.25) is 0 Å². The molecule has 1 aliphatic heterocycles. The highest BCUT2D eigenvalue weighted by Gasteiger charge is 2.30. The van der Waals surface area contributed by atoms with Crippen LogP contribution in [0, 0.1) is 12.8 Å². The van der Waals surface area contributed by atoms with Crippen LogP contribution in [0.1, 0.15) is 43.0 Å². The molecule has 1 aromatic heterocycles. The summed E-state index contributed by atoms with van der Waals surface area (Å²) in [4.78, 5) is 20.5. The zero-order valence-corrected chi connectivity index (χ0v) is 22.7. The van der Waals surface area contributed by atoms with E-state index in [1.54, 1.807) is 0 Å². The number of hydrogen-bond acceptors (Lipinski definition) is 4. The lowest BCUT2D eigenvalue weighted by molar-refractivity contribution is -0.132. The summed E-state index contributed by atoms with van der Waals surface area (Å²) in [6.07, 6.45) is 0. The summed E-state index contributed by atoms with van der Waals surface area (Å²) < 4.78 is 2.06. The topological polar surface area (TPSA) is 44.6 Å². The van der Waals surface area contributed by atoms with Gasteiger partial charge in [-0.1, -0.05) is 69.3 Å². The molecule has 36 heavy (non-hydrogen) atoms. The van der Waals surface area contributed by atoms with E-state index in [1.807, 2.05) is 60.4 Å². The Balaban J connectivity index is 1.71. The number of anilines is 1. The van der Waals surface area contributed by atoms with Crippen LogP contribution in [0.25, 0.3) is 5.69 Å². The highest BCUT2D eigenvalue weighted by atomic mass is 35.5. The third-order valence-electron chi connectivity index (χ3n) is 6.83. The predicted molar refractivity (Wildman–Crippen MR) is 148 cm³/mol. The first kappa shape index (κ1) is 26.2. The second-order valence-electron chi connectivity index (χ2n) is 9.94. The van der Waals surface area contributed by atoms with Gasteiger partial charge in [0.25, 0.3) is 0 Å². The molecule has 0 aliphatic carbocycles. The van der Waals surface area contributed by atoms with Gasteiger partial charge in [0.2, 0.25) is 5.91 Å². The van der Waals surface area contributed by atoms with Crippen LogP contribution in [0.5, 0.6) is 0 Å². The van der Waals surface area contributed by atoms with Gasteiger partial charge in [-0.3, -0.25) is 4.79 Å². The lowest BCUT2D eigenvalue weighted by atomic mass is 10.1. The third-order valence-corrected chi connectivity index (χ3v) is 7.27. The van der Waals surface area contributed by atoms with Gasteiger partial charge in [-0.15, -0.1) is 11.6 Å². The van der Waals surface area contributed by atoms with Gasteiger partial charge >= 0.3 is 0 Å². The number of piperazine rings is 1. The maximum atomic E-state index is 13.7. The number of likely N-dealkylation sites (N-methyl/N-ethyl adjacent to an activating group) is 1. The molecular weight excluding hydrogens is 470 g/mol. The number of nitrogens with zero attached hydrogens (tertiary/aromatic N) is 5. The van der Waals surface area contributed by atoms with E-state index in [1.165, 1.54) is 0 Å². The molecule has 3 aromatic rings. The summed E-state index contributed by atoms with van der Waals surface area (Å²) in [5, 5.41) is 4.26. The SMILES string of the molecule is CCN1CCN(c2c(CN(CC(C)C)C(=O)[C@@H](Cl)c3ccccc3)c(C)nn2-c2ccccc2)CC1. The van der Waals surface area contributed by atoms with E-state index in [0.717, 1.165) is 61.0 Å². The van der Waals surface area contributed by atoms with E-state index in [2.05, 4.69) is 47.4 Å². The molecule has 0 bridgehead atoms. The van der Waals surface area contributed by atoms with Gasteiger partial charge in [-0.25, -0.2) is 4.68 Å². The second-order valence-corrected chi connectivity index (χ2v) is 10.4. The van der Waals surface area contributed by atoms with Crippen LogP contribution in [0.4, 0.5) is 5.82 Å². The molecule has 2 aromatic carbocycles. The van der Waals surface area contributed by atoms with Crippen LogP contribution < -0.4 is 4.90 Å². The molecule has 0 unspecified atom stereocenters. The number of benzene rings is 2. The fourth-order valence-electron chi connectivity index (χ4n) is 4.87. The van der Waals surface area contributed by atoms with Crippen molar-refractivity contribution in [3.05, 3.63) is 77.5 Å². The van der Waals surface area contributed by atoms with Crippen molar-refractivity contribution in [3.8, 4) is 5.69 Å². The van der Waals surface area contributed by atoms with Crippen molar-refractivity contribution in [2.45, 2.75) is 39.6 Å². The van der Waals surface area contributed by atoms with E-state index in [-0.39, 0.29) is 5.91 Å². The molecule has 6 nitrogen and oxygen atoms in total. The molecule has 2 heterocycles. The lowest BCUT2D eigenvalue weighted by Gasteiger charge is -2.36. The van der Waals surface area contributed by atoms with Crippen molar-refractivity contribution in [3.63, 3.8) is 0 Å². The monoisotopic (exact) mass is 507 g/mol. The summed E-state index contributed by atoms with van der Waals surface area (Å²) in [6.45, 7) is 14.6. The molecule has 1 atom stereocenters. The van der Waals surface area contributed by atoms with Crippen LogP contribution in [0.15, 0.2) is 60.7 Å². The fourth-order valence-corrected chi connectivity index (χ4v) is 5.15. The minimum Gasteiger partial charge on any atom is -0.354 e. The molecule has 1 fully saturated rings. The number of amides is 1. The number of aromatic nitrogens is 2. The van der Waals surface area contributed by atoms with Gasteiger partial charge in [0.1, 0.15) is 11.2 Å². The summed E-state index contributed by atoms with van der Waals surface area (Å²) in [6, 6.07) is 19.9. The van der Waals surface area contributed by atoms with E-state index >= 15 is 0 Å². The lowest BCUT2D eigenvalue weighted by Crippen LogP contribution is -2.47. The van der Waals surface area contributed by atoms with Gasteiger partial charge in [0.15, 0.2) is 0 Å². The first-order valence-electron chi connectivity index (χ1n) is 13.0. The number of rotatable bonds is 9. The van der Waals surface area contributed by atoms with E-state index in [9.17, 15) is 4.79 Å². The van der Waals surface area contributed by atoms with Crippen molar-refractivity contribution >= 4 is 23.3 Å². The molecule has 4 rings (SSSR count). The quantitative estimate of drug-likeness (QED) is 0.369. The Labute approximate surface area is 220 Å². The molecule has 0 N–H and O–H groups in total. The molecule has 192 valence electrons. The molecule has 1 aliphatic rings. The number of carbonyl (C=O) groups is 1. The number of carbonyl (C=O) groups excluding carboxylic acids is 1. The van der Waals surface area contributed by atoms with Crippen molar-refractivity contribution in [1.82, 2.24) is 19.6 Å². The van der Waals surface area contributed by atoms with Gasteiger partial charge < -0.3 is 14.7 Å². The Bertz CT molecular complexity index is 1120. The molecular formula is C29H38ClN5O. The molecule has 7 heteroatoms. The summed E-state index contributed by atoms with van der Waals surface area (Å²) >= 11 is 6.73. The normalized spacial score (nSPS) is 15.3. The van der Waals surface area contributed by atoms with Crippen molar-refractivity contribution < 1.29 is 4.79 Å². The van der Waals surface area contributed by atoms with Crippen LogP contribution in [0.3, 0.4) is 0 Å². The Morgan fingerprint density at radius 3 is 2.19 bits per heavy atom. The summed E-state index contributed by atoms with van der Waals surface area (Å²) in [5.74, 6) is 1.33. The average Bonchev–Trinajstić information content (AvgIpc) is 3.23. The first-order valence-corrected chi connectivity index (χ1v) is 13.4. The average molecular weight is 508 g/mol. The Morgan fingerprint density at radius 2 is 1.61 bits per heavy atom. The van der Waals surface area contributed by atoms with Gasteiger partial charge in [-0.2, -0.15) is 5.10 Å². The number of halogens is 1. The maximum Gasteiger partial charge on any atom is 0.245 e. The summed E-state index contributed by atoms with van der Waals surface area (Å²) in [5.41, 5.74) is 3.89. The number of hydrogen-bond donors (Lipinski definition) is 0. The molecule has 0 spiro atoms. The van der Waals surface area contributed by atoms with Gasteiger partial charge in [0.05, 0.1) is 17.9 Å². The molecule has 1 saturated heterocycles. The largest absolute Gasteiger partial charge is 0.354 e. The number of para-hydroxylation sites is 1. The molecule has 0 saturated carbocycles. The fraction of sp³-hybridized carbons (Fsp3) is 0.448. The second kappa shape index (κ2) is 11.9. The minimum atomic E-state index is -0.717. The van der Waals surface area contributed by atoms with E-state index in [0.29, 0.717) is 19.0 Å². The highest BCUT2D eigenvalue weighted by molar-refractivity contribution is 6.30. The maximum absolute atomic E-state index is 13.7. The Kier molecular flexibility index (Phi) is 8.70. The first-order chi connectivity index (χ1) is 17.4. The Hall–Kier alpha value is -2.83. The van der Waals surface area contributed by atoms with Crippen molar-refractivity contribution in [2.24, 2.45) is 5.92 Å². The van der Waals surface area contributed by atoms with E-state index < -0.39 is 5.38 Å². The van der Waals surface area contributed by atoms with E-state index in [4.69, 9.17) is 16.7 Å². The minimum absolute atomic E-state index is 0.0646. The zero-order chi connectivity index (χ0) is 25.7. The Morgan fingerprint density at radius 1 is 1.00 bits per heavy atom. The van der Waals surface area contributed by atoms with Crippen molar-refractivity contribution in [2.75, 3.05) is 44.2 Å². The number of alkyl halides is 1. The van der Waals surface area contributed by atoms with Gasteiger partial charge in [0, 0.05) is 38.3 Å². The van der Waals surface area contributed by atoms with Crippen molar-refractivity contribution in [1.29, 1.82) is 0 Å². The standard InChI is InChI=1S/C29H38ClN5O/c1-5-32-16-18-33(19-17-32)28-26(23(4)31-35(28)25-14-10-7-11-15-25)21-34(20-22(2)3)29(36)27(30)24-12-8-6-9-13-24/h6-15,22,27H,5,16-21H2,1-4H3/t27-/m0/s1. The highest BCUT2D eigenvalue weighted by Crippen LogP contribution is 2.31. The third kappa shape index (κ3) is 5.93. The predicted octanol–water partition coefficient (Wildman–Crippen LogP) is 5.29. The zero-order valence-electron chi connectivity index (χ0n) is 21.9. The smallest absolute Gasteiger partial charge is 0.245 e.